The zero-order valence-electron chi connectivity index (χ0n) is 20.2. The Morgan fingerprint density at radius 2 is 1.50 bits per heavy atom. The van der Waals surface area contributed by atoms with Gasteiger partial charge in [0, 0.05) is 0 Å². The lowest BCUT2D eigenvalue weighted by molar-refractivity contribution is -0.279. The van der Waals surface area contributed by atoms with Gasteiger partial charge in [-0.15, -0.1) is 0 Å². The molecule has 1 aliphatic carbocycles. The minimum absolute atomic E-state index is 0.329. The molecule has 0 saturated heterocycles. The van der Waals surface area contributed by atoms with Gasteiger partial charge in [0.1, 0.15) is 5.75 Å². The summed E-state index contributed by atoms with van der Waals surface area (Å²) in [7, 11) is 0. The number of halogens is 6. The molecule has 36 heavy (non-hydrogen) atoms. The second kappa shape index (κ2) is 12.0. The molecule has 0 heterocycles. The number of hydrogen-bond acceptors (Lipinski definition) is 3. The van der Waals surface area contributed by atoms with Crippen molar-refractivity contribution in [2.45, 2.75) is 70.7 Å². The van der Waals surface area contributed by atoms with E-state index in [0.717, 1.165) is 25.0 Å². The van der Waals surface area contributed by atoms with E-state index in [1.54, 1.807) is 6.92 Å². The maximum atomic E-state index is 14.7. The topological polar surface area (TPSA) is 27.7 Å². The van der Waals surface area contributed by atoms with Crippen molar-refractivity contribution in [3.63, 3.8) is 0 Å². The fraction of sp³-hybridized carbons (Fsp3) is 0.481. The van der Waals surface area contributed by atoms with Crippen molar-refractivity contribution < 1.29 is 40.6 Å². The summed E-state index contributed by atoms with van der Waals surface area (Å²) in [6.07, 6.45) is -1.03. The van der Waals surface area contributed by atoms with Crippen LogP contribution in [0.25, 0.3) is 0 Å². The molecular formula is C27H30F6O3. The molecule has 0 aliphatic heterocycles. The third-order valence-corrected chi connectivity index (χ3v) is 6.08. The predicted octanol–water partition coefficient (Wildman–Crippen LogP) is 8.47. The lowest BCUT2D eigenvalue weighted by Crippen LogP contribution is -2.30. The molecule has 0 aromatic heterocycles. The maximum absolute atomic E-state index is 14.7. The highest BCUT2D eigenvalue weighted by Crippen LogP contribution is 2.41. The minimum Gasteiger partial charge on any atom is -0.494 e. The Balaban J connectivity index is 1.68. The van der Waals surface area contributed by atoms with Crippen LogP contribution in [0.15, 0.2) is 48.6 Å². The van der Waals surface area contributed by atoms with E-state index in [1.165, 1.54) is 12.1 Å². The van der Waals surface area contributed by atoms with Gasteiger partial charge in [-0.25, -0.2) is 4.39 Å². The van der Waals surface area contributed by atoms with E-state index in [1.807, 2.05) is 6.92 Å². The summed E-state index contributed by atoms with van der Waals surface area (Å²) >= 11 is 0. The van der Waals surface area contributed by atoms with Crippen molar-refractivity contribution in [1.29, 1.82) is 0 Å². The van der Waals surface area contributed by atoms with Crippen molar-refractivity contribution in [2.24, 2.45) is 5.92 Å². The van der Waals surface area contributed by atoms with Gasteiger partial charge in [-0.2, -0.15) is 22.0 Å². The molecule has 1 aliphatic rings. The summed E-state index contributed by atoms with van der Waals surface area (Å²) < 4.78 is 102. The fourth-order valence-electron chi connectivity index (χ4n) is 4.16. The van der Waals surface area contributed by atoms with E-state index in [-0.39, 0.29) is 0 Å². The minimum atomic E-state index is -4.14. The lowest BCUT2D eigenvalue weighted by Gasteiger charge is -2.31. The molecule has 198 valence electrons. The third-order valence-electron chi connectivity index (χ3n) is 6.08. The van der Waals surface area contributed by atoms with Crippen LogP contribution < -0.4 is 9.47 Å². The van der Waals surface area contributed by atoms with Crippen LogP contribution in [0.3, 0.4) is 0 Å². The number of benzene rings is 2. The van der Waals surface area contributed by atoms with Crippen LogP contribution in [0.5, 0.6) is 11.5 Å². The van der Waals surface area contributed by atoms with Crippen molar-refractivity contribution >= 4 is 0 Å². The SMILES string of the molecule is CCC=CCC1CCC(OC(F)(F)c2ccc(OC(F)(F)c3ccc(OCC)cc3)c(F)c2F)CC1. The molecule has 0 amide bonds. The summed E-state index contributed by atoms with van der Waals surface area (Å²) in [4.78, 5) is 0. The normalized spacial score (nSPS) is 19.0. The first kappa shape index (κ1) is 27.9. The Hall–Kier alpha value is -2.68. The predicted molar refractivity (Wildman–Crippen MR) is 123 cm³/mol. The van der Waals surface area contributed by atoms with Crippen LogP contribution in [-0.4, -0.2) is 12.7 Å². The Morgan fingerprint density at radius 1 is 0.833 bits per heavy atom. The summed E-state index contributed by atoms with van der Waals surface area (Å²) in [5.41, 5.74) is -2.02. The molecule has 0 radical (unpaired) electrons. The number of hydrogen-bond donors (Lipinski definition) is 0. The van der Waals surface area contributed by atoms with Gasteiger partial charge < -0.3 is 14.2 Å². The second-order valence-electron chi connectivity index (χ2n) is 8.71. The zero-order chi connectivity index (χ0) is 26.3. The van der Waals surface area contributed by atoms with Crippen LogP contribution in [0.4, 0.5) is 26.3 Å². The van der Waals surface area contributed by atoms with Gasteiger partial charge >= 0.3 is 12.2 Å². The van der Waals surface area contributed by atoms with Crippen molar-refractivity contribution in [3.8, 4) is 11.5 Å². The molecule has 0 bridgehead atoms. The van der Waals surface area contributed by atoms with Gasteiger partial charge in [-0.05, 0) is 87.8 Å². The number of ether oxygens (including phenoxy) is 3. The van der Waals surface area contributed by atoms with Crippen LogP contribution in [-0.2, 0) is 17.0 Å². The quantitative estimate of drug-likeness (QED) is 0.221. The summed E-state index contributed by atoms with van der Waals surface area (Å²) in [6.45, 7) is 4.08. The number of allylic oxidation sites excluding steroid dienone is 2. The van der Waals surface area contributed by atoms with E-state index in [9.17, 15) is 26.3 Å². The van der Waals surface area contributed by atoms with Crippen molar-refractivity contribution in [1.82, 2.24) is 0 Å². The highest BCUT2D eigenvalue weighted by molar-refractivity contribution is 5.34. The van der Waals surface area contributed by atoms with Gasteiger partial charge in [0.25, 0.3) is 0 Å². The third kappa shape index (κ3) is 6.96. The van der Waals surface area contributed by atoms with Gasteiger partial charge in [-0.3, -0.25) is 0 Å². The van der Waals surface area contributed by atoms with E-state index >= 15 is 0 Å². The molecule has 0 N–H and O–H groups in total. The van der Waals surface area contributed by atoms with Crippen molar-refractivity contribution in [3.05, 3.63) is 71.3 Å². The molecule has 9 heteroatoms. The summed E-state index contributed by atoms with van der Waals surface area (Å²) in [5, 5.41) is 0. The molecule has 0 atom stereocenters. The summed E-state index contributed by atoms with van der Waals surface area (Å²) in [5.74, 6) is -4.45. The Labute approximate surface area is 207 Å². The monoisotopic (exact) mass is 516 g/mol. The Kier molecular flexibility index (Phi) is 9.33. The number of alkyl halides is 4. The zero-order valence-corrected chi connectivity index (χ0v) is 20.2. The van der Waals surface area contributed by atoms with Gasteiger partial charge in [0.15, 0.2) is 11.6 Å². The van der Waals surface area contributed by atoms with E-state index in [2.05, 4.69) is 16.9 Å². The molecule has 2 aromatic rings. The average Bonchev–Trinajstić information content (AvgIpc) is 2.83. The molecular weight excluding hydrogens is 486 g/mol. The molecule has 3 nitrogen and oxygen atoms in total. The van der Waals surface area contributed by atoms with E-state index in [0.29, 0.717) is 56.1 Å². The average molecular weight is 517 g/mol. The fourth-order valence-corrected chi connectivity index (χ4v) is 4.16. The van der Waals surface area contributed by atoms with Crippen molar-refractivity contribution in [2.75, 3.05) is 6.61 Å². The maximum Gasteiger partial charge on any atom is 0.426 e. The van der Waals surface area contributed by atoms with Gasteiger partial charge in [0.2, 0.25) is 5.82 Å². The van der Waals surface area contributed by atoms with Gasteiger partial charge in [-0.1, -0.05) is 19.1 Å². The standard InChI is InChI=1S/C27H30F6O3/c1-3-5-6-7-18-8-12-21(13-9-18)35-27(32,33)22-16-17-23(25(29)24(22)28)36-26(30,31)19-10-14-20(15-11-19)34-4-2/h5-6,10-11,14-18,21H,3-4,7-9,12-13H2,1-2H3. The number of rotatable bonds is 11. The van der Waals surface area contributed by atoms with Crippen LogP contribution >= 0.6 is 0 Å². The highest BCUT2D eigenvalue weighted by atomic mass is 19.3. The van der Waals surface area contributed by atoms with Crippen LogP contribution in [0.2, 0.25) is 0 Å². The van der Waals surface area contributed by atoms with Crippen LogP contribution in [0.1, 0.15) is 63.5 Å². The second-order valence-corrected chi connectivity index (χ2v) is 8.71. The first-order valence-electron chi connectivity index (χ1n) is 12.1. The largest absolute Gasteiger partial charge is 0.494 e. The molecule has 2 aromatic carbocycles. The van der Waals surface area contributed by atoms with E-state index < -0.39 is 46.8 Å². The highest BCUT2D eigenvalue weighted by Gasteiger charge is 2.42. The van der Waals surface area contributed by atoms with Crippen LogP contribution in [0, 0.1) is 17.6 Å². The molecule has 0 unspecified atom stereocenters. The van der Waals surface area contributed by atoms with Gasteiger partial charge in [0.05, 0.1) is 23.8 Å². The Morgan fingerprint density at radius 3 is 2.11 bits per heavy atom. The van der Waals surface area contributed by atoms with E-state index in [4.69, 9.17) is 9.47 Å². The lowest BCUT2D eigenvalue weighted by atomic mass is 9.85. The first-order valence-corrected chi connectivity index (χ1v) is 12.1. The molecule has 1 fully saturated rings. The molecule has 3 rings (SSSR count). The molecule has 1 saturated carbocycles. The Bertz CT molecular complexity index is 1010. The first-order chi connectivity index (χ1) is 17.1. The molecule has 0 spiro atoms. The summed E-state index contributed by atoms with van der Waals surface area (Å²) in [6, 6.07) is 5.59. The smallest absolute Gasteiger partial charge is 0.426 e.